The number of piperazine rings is 1. The fourth-order valence-electron chi connectivity index (χ4n) is 3.74. The number of aromatic nitrogens is 2. The van der Waals surface area contributed by atoms with Gasteiger partial charge in [-0.1, -0.05) is 70.6 Å². The first-order chi connectivity index (χ1) is 14.7. The third-order valence-electron chi connectivity index (χ3n) is 5.40. The van der Waals surface area contributed by atoms with Gasteiger partial charge in [0.05, 0.1) is 14.3 Å². The lowest BCUT2D eigenvalue weighted by Crippen LogP contribution is -2.55. The molecule has 1 atom stereocenters. The lowest BCUT2D eigenvalue weighted by atomic mass is 10.1. The molecular weight excluding hydrogens is 544 g/mol. The van der Waals surface area contributed by atoms with Crippen molar-refractivity contribution in [3.63, 3.8) is 0 Å². The summed E-state index contributed by atoms with van der Waals surface area (Å²) in [5.74, 6) is -0.496. The van der Waals surface area contributed by atoms with Crippen molar-refractivity contribution in [3.05, 3.63) is 71.0 Å². The number of alkyl halides is 4. The zero-order valence-corrected chi connectivity index (χ0v) is 19.2. The number of amides is 1. The van der Waals surface area contributed by atoms with Gasteiger partial charge in [0.15, 0.2) is 5.69 Å². The Kier molecular flexibility index (Phi) is 6.19. The van der Waals surface area contributed by atoms with Crippen LogP contribution in [0, 0.1) is 0 Å². The zero-order valence-electron chi connectivity index (χ0n) is 16.3. The fourth-order valence-corrected chi connectivity index (χ4v) is 4.90. The van der Waals surface area contributed by atoms with Gasteiger partial charge in [-0.2, -0.15) is 18.3 Å². The van der Waals surface area contributed by atoms with Gasteiger partial charge in [-0.3, -0.25) is 9.69 Å². The number of nitrogens with zero attached hydrogens (tertiary/aromatic N) is 4. The second-order valence-corrected chi connectivity index (χ2v) is 9.64. The first-order valence-electron chi connectivity index (χ1n) is 9.69. The van der Waals surface area contributed by atoms with Crippen LogP contribution in [0.1, 0.15) is 22.6 Å². The highest BCUT2D eigenvalue weighted by atomic mass is 127. The van der Waals surface area contributed by atoms with Crippen molar-refractivity contribution >= 4 is 40.1 Å². The molecule has 1 saturated heterocycles. The molecule has 0 unspecified atom stereocenters. The number of allylic oxidation sites excluding steroid dienone is 2. The van der Waals surface area contributed by atoms with Crippen molar-refractivity contribution in [1.29, 1.82) is 0 Å². The molecule has 1 aliphatic carbocycles. The number of carbonyl (C=O) groups is 1. The van der Waals surface area contributed by atoms with E-state index >= 15 is 0 Å². The van der Waals surface area contributed by atoms with Crippen LogP contribution in [0.15, 0.2) is 54.6 Å². The van der Waals surface area contributed by atoms with E-state index in [0.29, 0.717) is 26.2 Å². The van der Waals surface area contributed by atoms with E-state index < -0.39 is 17.8 Å². The summed E-state index contributed by atoms with van der Waals surface area (Å²) >= 11 is 8.58. The van der Waals surface area contributed by atoms with E-state index in [1.165, 1.54) is 6.07 Å². The second-order valence-electron chi connectivity index (χ2n) is 7.37. The Morgan fingerprint density at radius 2 is 1.84 bits per heavy atom. The van der Waals surface area contributed by atoms with Gasteiger partial charge in [-0.05, 0) is 18.6 Å². The van der Waals surface area contributed by atoms with Crippen molar-refractivity contribution in [2.75, 3.05) is 26.2 Å². The molecule has 0 N–H and O–H groups in total. The number of halogens is 5. The molecule has 1 aromatic heterocycles. The van der Waals surface area contributed by atoms with Gasteiger partial charge >= 0.3 is 6.18 Å². The molecule has 1 fully saturated rings. The molecule has 2 heterocycles. The highest BCUT2D eigenvalue weighted by Gasteiger charge is 2.38. The van der Waals surface area contributed by atoms with Gasteiger partial charge in [0.1, 0.15) is 5.69 Å². The number of benzene rings is 1. The average molecular weight is 563 g/mol. The minimum absolute atomic E-state index is 0.148. The summed E-state index contributed by atoms with van der Waals surface area (Å²) in [5.41, 5.74) is -1.05. The number of para-hydroxylation sites is 1. The minimum atomic E-state index is -4.67. The molecule has 1 aromatic carbocycles. The third kappa shape index (κ3) is 4.54. The van der Waals surface area contributed by atoms with E-state index in [1.54, 1.807) is 23.1 Å². The normalized spacial score (nSPS) is 22.2. The molecule has 0 spiro atoms. The van der Waals surface area contributed by atoms with Gasteiger partial charge < -0.3 is 4.90 Å². The molecule has 1 aliphatic heterocycles. The summed E-state index contributed by atoms with van der Waals surface area (Å²) in [7, 11) is 0. The lowest BCUT2D eigenvalue weighted by Gasteiger charge is -2.43. The Hall–Kier alpha value is -1.85. The molecule has 2 aromatic rings. The van der Waals surface area contributed by atoms with Crippen molar-refractivity contribution in [1.82, 2.24) is 19.6 Å². The van der Waals surface area contributed by atoms with E-state index in [4.69, 9.17) is 11.6 Å². The zero-order chi connectivity index (χ0) is 22.2. The predicted molar refractivity (Wildman–Crippen MR) is 121 cm³/mol. The predicted octanol–water partition coefficient (Wildman–Crippen LogP) is 4.95. The van der Waals surface area contributed by atoms with Crippen LogP contribution in [0.5, 0.6) is 0 Å². The van der Waals surface area contributed by atoms with Gasteiger partial charge in [0.25, 0.3) is 5.91 Å². The molecule has 31 heavy (non-hydrogen) atoms. The van der Waals surface area contributed by atoms with Crippen LogP contribution >= 0.6 is 34.2 Å². The van der Waals surface area contributed by atoms with Crippen LogP contribution in [-0.4, -0.2) is 55.2 Å². The fraction of sp³-hybridized carbons (Fsp3) is 0.333. The Morgan fingerprint density at radius 1 is 1.13 bits per heavy atom. The van der Waals surface area contributed by atoms with E-state index in [9.17, 15) is 18.0 Å². The molecule has 1 amide bonds. The minimum Gasteiger partial charge on any atom is -0.335 e. The molecule has 0 saturated carbocycles. The van der Waals surface area contributed by atoms with Crippen molar-refractivity contribution in [2.45, 2.75) is 16.1 Å². The molecule has 0 bridgehead atoms. The van der Waals surface area contributed by atoms with Crippen LogP contribution in [0.25, 0.3) is 5.69 Å². The average Bonchev–Trinajstić information content (AvgIpc) is 3.20. The van der Waals surface area contributed by atoms with Gasteiger partial charge in [0.2, 0.25) is 0 Å². The van der Waals surface area contributed by atoms with E-state index in [-0.39, 0.29) is 19.9 Å². The van der Waals surface area contributed by atoms with Crippen molar-refractivity contribution < 1.29 is 18.0 Å². The summed E-state index contributed by atoms with van der Waals surface area (Å²) < 4.78 is 40.9. The maximum Gasteiger partial charge on any atom is 0.435 e. The standard InChI is InChI=1S/C21H19ClF3IN4O/c22-15-6-2-3-7-16(15)30-17(14-18(27-30)21(23,24)25)19(31)28-10-12-29(13-11-28)20(26)8-4-1-5-9-20/h1-8,14H,9-13H2/t20-/m1/s1. The van der Waals surface area contributed by atoms with Crippen molar-refractivity contribution in [3.8, 4) is 5.69 Å². The third-order valence-corrected chi connectivity index (χ3v) is 7.20. The van der Waals surface area contributed by atoms with Gasteiger partial charge in [0, 0.05) is 32.2 Å². The SMILES string of the molecule is O=C(c1cc(C(F)(F)F)nn1-c1ccccc1Cl)N1CCN([C@]2(I)C=CC=CC2)CC1. The summed E-state index contributed by atoms with van der Waals surface area (Å²) in [6, 6.07) is 7.18. The quantitative estimate of drug-likeness (QED) is 0.302. The molecule has 2 aliphatic rings. The van der Waals surface area contributed by atoms with Crippen LogP contribution in [0.4, 0.5) is 13.2 Å². The summed E-state index contributed by atoms with van der Waals surface area (Å²) in [6.45, 7) is 2.07. The Labute approximate surface area is 196 Å². The monoisotopic (exact) mass is 562 g/mol. The Bertz CT molecular complexity index is 1040. The molecular formula is C21H19ClF3IN4O. The van der Waals surface area contributed by atoms with E-state index in [2.05, 4.69) is 44.7 Å². The number of hydrogen-bond acceptors (Lipinski definition) is 3. The van der Waals surface area contributed by atoms with E-state index in [1.807, 2.05) is 12.2 Å². The largest absolute Gasteiger partial charge is 0.435 e. The molecule has 10 heteroatoms. The first-order valence-corrected chi connectivity index (χ1v) is 11.1. The van der Waals surface area contributed by atoms with E-state index in [0.717, 1.165) is 17.2 Å². The molecule has 0 radical (unpaired) electrons. The molecule has 164 valence electrons. The summed E-state index contributed by atoms with van der Waals surface area (Å²) in [5, 5.41) is 3.87. The topological polar surface area (TPSA) is 41.4 Å². The highest BCUT2D eigenvalue weighted by molar-refractivity contribution is 14.1. The summed E-state index contributed by atoms with van der Waals surface area (Å²) in [4.78, 5) is 17.1. The van der Waals surface area contributed by atoms with Crippen LogP contribution in [0.2, 0.25) is 5.02 Å². The first kappa shape index (κ1) is 22.3. The number of rotatable bonds is 3. The second kappa shape index (κ2) is 8.59. The van der Waals surface area contributed by atoms with Gasteiger partial charge in [-0.15, -0.1) is 0 Å². The van der Waals surface area contributed by atoms with Crippen LogP contribution in [-0.2, 0) is 6.18 Å². The maximum atomic E-state index is 13.3. The Balaban J connectivity index is 1.59. The smallest absolute Gasteiger partial charge is 0.335 e. The summed E-state index contributed by atoms with van der Waals surface area (Å²) in [6.07, 6.45) is 4.44. The van der Waals surface area contributed by atoms with Gasteiger partial charge in [-0.25, -0.2) is 4.68 Å². The lowest BCUT2D eigenvalue weighted by molar-refractivity contribution is -0.141. The van der Waals surface area contributed by atoms with Crippen LogP contribution in [0.3, 0.4) is 0 Å². The van der Waals surface area contributed by atoms with Crippen LogP contribution < -0.4 is 0 Å². The molecule has 4 rings (SSSR count). The number of hydrogen-bond donors (Lipinski definition) is 0. The van der Waals surface area contributed by atoms with Crippen molar-refractivity contribution in [2.24, 2.45) is 0 Å². The highest BCUT2D eigenvalue weighted by Crippen LogP contribution is 2.34. The number of carbonyl (C=O) groups excluding carboxylic acids is 1. The Morgan fingerprint density at radius 3 is 2.45 bits per heavy atom. The molecule has 5 nitrogen and oxygen atoms in total. The maximum absolute atomic E-state index is 13.3.